The van der Waals surface area contributed by atoms with Gasteiger partial charge in [0.2, 0.25) is 0 Å². The van der Waals surface area contributed by atoms with E-state index in [0.29, 0.717) is 6.04 Å². The average molecular weight is 273 g/mol. The summed E-state index contributed by atoms with van der Waals surface area (Å²) in [5.41, 5.74) is 1.27. The fourth-order valence-corrected chi connectivity index (χ4v) is 2.20. The third-order valence-electron chi connectivity index (χ3n) is 3.23. The van der Waals surface area contributed by atoms with Gasteiger partial charge in [0.1, 0.15) is 5.75 Å². The SMILES string of the molecule is CCCNC(CC)c1cccc(Oc2cnn(C)c2)c1. The fourth-order valence-electron chi connectivity index (χ4n) is 2.20. The first-order valence-electron chi connectivity index (χ1n) is 7.22. The first kappa shape index (κ1) is 14.6. The summed E-state index contributed by atoms with van der Waals surface area (Å²) in [5, 5.41) is 7.66. The van der Waals surface area contributed by atoms with E-state index in [1.54, 1.807) is 10.9 Å². The standard InChI is InChI=1S/C16H23N3O/c1-4-9-17-16(5-2)13-7-6-8-14(10-13)20-15-11-18-19(3)12-15/h6-8,10-12,16-17H,4-5,9H2,1-3H3. The first-order chi connectivity index (χ1) is 9.72. The lowest BCUT2D eigenvalue weighted by atomic mass is 10.0. The van der Waals surface area contributed by atoms with Gasteiger partial charge in [-0.15, -0.1) is 0 Å². The van der Waals surface area contributed by atoms with Crippen molar-refractivity contribution in [1.29, 1.82) is 0 Å². The van der Waals surface area contributed by atoms with Crippen molar-refractivity contribution in [3.05, 3.63) is 42.2 Å². The summed E-state index contributed by atoms with van der Waals surface area (Å²) in [4.78, 5) is 0. The molecule has 1 aromatic heterocycles. The molecule has 0 bridgehead atoms. The van der Waals surface area contributed by atoms with Gasteiger partial charge in [-0.1, -0.05) is 26.0 Å². The number of hydrogen-bond donors (Lipinski definition) is 1. The molecule has 2 rings (SSSR count). The summed E-state index contributed by atoms with van der Waals surface area (Å²) in [7, 11) is 1.88. The van der Waals surface area contributed by atoms with Crippen molar-refractivity contribution in [2.24, 2.45) is 7.05 Å². The first-order valence-corrected chi connectivity index (χ1v) is 7.22. The number of aryl methyl sites for hydroxylation is 1. The van der Waals surface area contributed by atoms with E-state index in [9.17, 15) is 0 Å². The van der Waals surface area contributed by atoms with Gasteiger partial charge in [-0.05, 0) is 37.1 Å². The fraction of sp³-hybridized carbons (Fsp3) is 0.438. The van der Waals surface area contributed by atoms with Crippen LogP contribution in [0.5, 0.6) is 11.5 Å². The summed E-state index contributed by atoms with van der Waals surface area (Å²) < 4.78 is 7.56. The van der Waals surface area contributed by atoms with Crippen LogP contribution in [0.3, 0.4) is 0 Å². The second kappa shape index (κ2) is 7.10. The van der Waals surface area contributed by atoms with E-state index in [-0.39, 0.29) is 0 Å². The molecule has 0 saturated heterocycles. The Morgan fingerprint density at radius 1 is 1.30 bits per heavy atom. The maximum Gasteiger partial charge on any atom is 0.165 e. The molecule has 1 unspecified atom stereocenters. The minimum Gasteiger partial charge on any atom is -0.454 e. The van der Waals surface area contributed by atoms with Crippen LogP contribution in [0.1, 0.15) is 38.3 Å². The summed E-state index contributed by atoms with van der Waals surface area (Å²) >= 11 is 0. The van der Waals surface area contributed by atoms with Crippen molar-refractivity contribution in [3.63, 3.8) is 0 Å². The molecule has 1 atom stereocenters. The monoisotopic (exact) mass is 273 g/mol. The number of nitrogens with one attached hydrogen (secondary N) is 1. The lowest BCUT2D eigenvalue weighted by Crippen LogP contribution is -2.21. The Morgan fingerprint density at radius 2 is 2.15 bits per heavy atom. The molecular formula is C16H23N3O. The Morgan fingerprint density at radius 3 is 2.80 bits per heavy atom. The second-order valence-electron chi connectivity index (χ2n) is 4.94. The third kappa shape index (κ3) is 3.84. The van der Waals surface area contributed by atoms with E-state index in [1.165, 1.54) is 5.56 Å². The Labute approximate surface area is 120 Å². The molecule has 0 saturated carbocycles. The molecule has 0 aliphatic heterocycles. The molecule has 4 nitrogen and oxygen atoms in total. The quantitative estimate of drug-likeness (QED) is 0.836. The predicted octanol–water partition coefficient (Wildman–Crippen LogP) is 3.66. The summed E-state index contributed by atoms with van der Waals surface area (Å²) in [6.45, 7) is 5.41. The smallest absolute Gasteiger partial charge is 0.165 e. The molecule has 0 fully saturated rings. The Hall–Kier alpha value is -1.81. The number of aromatic nitrogens is 2. The average Bonchev–Trinajstić information content (AvgIpc) is 2.85. The van der Waals surface area contributed by atoms with E-state index in [4.69, 9.17) is 4.74 Å². The summed E-state index contributed by atoms with van der Waals surface area (Å²) in [5.74, 6) is 1.62. The highest BCUT2D eigenvalue weighted by atomic mass is 16.5. The van der Waals surface area contributed by atoms with Crippen LogP contribution in [0.15, 0.2) is 36.7 Å². The van der Waals surface area contributed by atoms with E-state index < -0.39 is 0 Å². The molecule has 20 heavy (non-hydrogen) atoms. The van der Waals surface area contributed by atoms with Crippen LogP contribution in [0.2, 0.25) is 0 Å². The van der Waals surface area contributed by atoms with Crippen LogP contribution in [0.4, 0.5) is 0 Å². The molecule has 1 heterocycles. The van der Waals surface area contributed by atoms with Gasteiger partial charge in [0.05, 0.1) is 12.4 Å². The summed E-state index contributed by atoms with van der Waals surface area (Å²) in [6.07, 6.45) is 5.79. The van der Waals surface area contributed by atoms with Crippen LogP contribution in [-0.2, 0) is 7.05 Å². The van der Waals surface area contributed by atoms with Crippen molar-refractivity contribution >= 4 is 0 Å². The Bertz CT molecular complexity index is 536. The Kier molecular flexibility index (Phi) is 5.18. The number of rotatable bonds is 7. The van der Waals surface area contributed by atoms with Crippen LogP contribution in [-0.4, -0.2) is 16.3 Å². The summed E-state index contributed by atoms with van der Waals surface area (Å²) in [6, 6.07) is 8.64. The zero-order valence-corrected chi connectivity index (χ0v) is 12.5. The van der Waals surface area contributed by atoms with Crippen molar-refractivity contribution in [1.82, 2.24) is 15.1 Å². The highest BCUT2D eigenvalue weighted by Gasteiger charge is 2.09. The number of hydrogen-bond acceptors (Lipinski definition) is 3. The molecule has 108 valence electrons. The van der Waals surface area contributed by atoms with E-state index in [0.717, 1.165) is 30.9 Å². The highest BCUT2D eigenvalue weighted by Crippen LogP contribution is 2.25. The molecule has 2 aromatic rings. The molecule has 0 aliphatic rings. The minimum atomic E-state index is 0.382. The highest BCUT2D eigenvalue weighted by molar-refractivity contribution is 5.33. The molecule has 0 spiro atoms. The lowest BCUT2D eigenvalue weighted by molar-refractivity contribution is 0.475. The van der Waals surface area contributed by atoms with E-state index in [2.05, 4.69) is 36.4 Å². The molecular weight excluding hydrogens is 250 g/mol. The Balaban J connectivity index is 2.10. The zero-order valence-electron chi connectivity index (χ0n) is 12.5. The van der Waals surface area contributed by atoms with Gasteiger partial charge >= 0.3 is 0 Å². The molecule has 0 aliphatic carbocycles. The normalized spacial score (nSPS) is 12.3. The predicted molar refractivity (Wildman–Crippen MR) is 81.0 cm³/mol. The van der Waals surface area contributed by atoms with Crippen LogP contribution in [0, 0.1) is 0 Å². The largest absolute Gasteiger partial charge is 0.454 e. The maximum absolute atomic E-state index is 5.83. The van der Waals surface area contributed by atoms with E-state index >= 15 is 0 Å². The number of ether oxygens (including phenoxy) is 1. The van der Waals surface area contributed by atoms with Gasteiger partial charge in [-0.3, -0.25) is 4.68 Å². The van der Waals surface area contributed by atoms with Crippen molar-refractivity contribution < 1.29 is 4.74 Å². The molecule has 1 aromatic carbocycles. The van der Waals surface area contributed by atoms with Gasteiger partial charge in [-0.2, -0.15) is 5.10 Å². The van der Waals surface area contributed by atoms with Gasteiger partial charge in [0.15, 0.2) is 5.75 Å². The second-order valence-corrected chi connectivity index (χ2v) is 4.94. The minimum absolute atomic E-state index is 0.382. The van der Waals surface area contributed by atoms with Crippen LogP contribution >= 0.6 is 0 Å². The van der Waals surface area contributed by atoms with Gasteiger partial charge in [-0.25, -0.2) is 0 Å². The number of nitrogens with zero attached hydrogens (tertiary/aromatic N) is 2. The topological polar surface area (TPSA) is 39.1 Å². The third-order valence-corrected chi connectivity index (χ3v) is 3.23. The molecule has 0 radical (unpaired) electrons. The van der Waals surface area contributed by atoms with Crippen LogP contribution in [0.25, 0.3) is 0 Å². The van der Waals surface area contributed by atoms with Crippen molar-refractivity contribution in [2.45, 2.75) is 32.7 Å². The van der Waals surface area contributed by atoms with Crippen molar-refractivity contribution in [3.8, 4) is 11.5 Å². The van der Waals surface area contributed by atoms with Gasteiger partial charge < -0.3 is 10.1 Å². The molecule has 4 heteroatoms. The number of benzene rings is 1. The van der Waals surface area contributed by atoms with Gasteiger partial charge in [0, 0.05) is 13.1 Å². The van der Waals surface area contributed by atoms with Crippen LogP contribution < -0.4 is 10.1 Å². The lowest BCUT2D eigenvalue weighted by Gasteiger charge is -2.17. The molecule has 1 N–H and O–H groups in total. The zero-order chi connectivity index (χ0) is 14.4. The van der Waals surface area contributed by atoms with E-state index in [1.807, 2.05) is 25.4 Å². The van der Waals surface area contributed by atoms with Crippen molar-refractivity contribution in [2.75, 3.05) is 6.54 Å². The molecule has 0 amide bonds. The van der Waals surface area contributed by atoms with Gasteiger partial charge in [0.25, 0.3) is 0 Å². The maximum atomic E-state index is 5.83.